The molecule has 1 aromatic heterocycles. The van der Waals surface area contributed by atoms with Gasteiger partial charge in [-0.1, -0.05) is 12.1 Å². The van der Waals surface area contributed by atoms with Crippen molar-refractivity contribution in [3.8, 4) is 0 Å². The van der Waals surface area contributed by atoms with E-state index < -0.39 is 0 Å². The topological polar surface area (TPSA) is 84.9 Å². The lowest BCUT2D eigenvalue weighted by molar-refractivity contribution is -0.151. The van der Waals surface area contributed by atoms with E-state index in [0.717, 1.165) is 23.5 Å². The molecule has 1 aromatic carbocycles. The minimum absolute atomic E-state index is 0.0162. The van der Waals surface area contributed by atoms with Crippen LogP contribution in [-0.2, 0) is 25.5 Å². The summed E-state index contributed by atoms with van der Waals surface area (Å²) in [5.74, 6) is -0.0711. The van der Waals surface area contributed by atoms with Crippen LogP contribution in [0.15, 0.2) is 24.3 Å². The quantitative estimate of drug-likeness (QED) is 0.459. The van der Waals surface area contributed by atoms with Crippen molar-refractivity contribution < 1.29 is 23.5 Å². The minimum Gasteiger partial charge on any atom is -0.466 e. The number of carbonyl (C=O) groups excluding carboxylic acids is 2. The molecule has 10 heteroatoms. The van der Waals surface area contributed by atoms with Crippen LogP contribution in [0.2, 0.25) is 0 Å². The number of piperidine rings is 1. The van der Waals surface area contributed by atoms with E-state index in [9.17, 15) is 14.0 Å². The maximum atomic E-state index is 13.1. The number of rotatable bonds is 11. The Morgan fingerprint density at radius 2 is 2.06 bits per heavy atom. The maximum absolute atomic E-state index is 13.1. The number of nitrogens with zero attached hydrogens (tertiary/aromatic N) is 4. The van der Waals surface area contributed by atoms with Crippen LogP contribution in [0, 0.1) is 11.7 Å². The number of halogens is 1. The molecule has 1 aliphatic rings. The summed E-state index contributed by atoms with van der Waals surface area (Å²) < 4.78 is 27.9. The summed E-state index contributed by atoms with van der Waals surface area (Å²) in [5.41, 5.74) is 0.931. The highest BCUT2D eigenvalue weighted by atomic mass is 32.1. The number of aromatic nitrogens is 2. The van der Waals surface area contributed by atoms with Crippen LogP contribution in [0.1, 0.15) is 37.6 Å². The van der Waals surface area contributed by atoms with Gasteiger partial charge < -0.3 is 19.3 Å². The van der Waals surface area contributed by atoms with Crippen LogP contribution in [0.4, 0.5) is 9.52 Å². The fraction of sp³-hybridized carbons (Fsp3) is 0.565. The van der Waals surface area contributed by atoms with Crippen molar-refractivity contribution in [3.05, 3.63) is 41.5 Å². The SMILES string of the molecule is CCOC(=O)C1CCCN(C(=O)CCN(CCOC)c2nc(Cc3ccc(F)cc3)ns2)C1. The number of methoxy groups -OCH3 is 1. The number of benzene rings is 1. The van der Waals surface area contributed by atoms with Crippen molar-refractivity contribution in [2.75, 3.05) is 51.4 Å². The largest absolute Gasteiger partial charge is 0.466 e. The highest BCUT2D eigenvalue weighted by Gasteiger charge is 2.29. The standard InChI is InChI=1S/C23H31FN4O4S/c1-3-32-22(30)18-5-4-11-28(16-18)21(29)10-12-27(13-14-31-2)23-25-20(26-33-23)15-17-6-8-19(24)9-7-17/h6-9,18H,3-5,10-16H2,1-2H3. The number of hydrogen-bond acceptors (Lipinski definition) is 8. The fourth-order valence-corrected chi connectivity index (χ4v) is 4.52. The summed E-state index contributed by atoms with van der Waals surface area (Å²) in [6.07, 6.45) is 2.37. The number of ether oxygens (including phenoxy) is 2. The number of amides is 1. The van der Waals surface area contributed by atoms with E-state index in [2.05, 4.69) is 9.36 Å². The summed E-state index contributed by atoms with van der Waals surface area (Å²) in [6.45, 7) is 4.77. The summed E-state index contributed by atoms with van der Waals surface area (Å²) in [6, 6.07) is 6.29. The zero-order chi connectivity index (χ0) is 23.6. The van der Waals surface area contributed by atoms with Crippen LogP contribution in [0.3, 0.4) is 0 Å². The van der Waals surface area contributed by atoms with Crippen molar-refractivity contribution in [1.29, 1.82) is 0 Å². The number of likely N-dealkylation sites (tertiary alicyclic amines) is 1. The molecule has 0 bridgehead atoms. The first-order valence-corrected chi connectivity index (χ1v) is 12.0. The Balaban J connectivity index is 1.58. The van der Waals surface area contributed by atoms with Gasteiger partial charge in [-0.15, -0.1) is 0 Å². The van der Waals surface area contributed by atoms with E-state index >= 15 is 0 Å². The van der Waals surface area contributed by atoms with Gasteiger partial charge in [0.05, 0.1) is 19.1 Å². The first-order chi connectivity index (χ1) is 16.0. The van der Waals surface area contributed by atoms with Gasteiger partial charge in [0.2, 0.25) is 11.0 Å². The number of carbonyl (C=O) groups is 2. The molecular formula is C23H31FN4O4S. The van der Waals surface area contributed by atoms with Crippen LogP contribution < -0.4 is 4.90 Å². The smallest absolute Gasteiger partial charge is 0.310 e. The first kappa shape index (κ1) is 25.0. The molecule has 1 amide bonds. The second kappa shape index (κ2) is 12.6. The Morgan fingerprint density at radius 1 is 1.27 bits per heavy atom. The van der Waals surface area contributed by atoms with Gasteiger partial charge in [-0.2, -0.15) is 4.37 Å². The molecule has 8 nitrogen and oxygen atoms in total. The van der Waals surface area contributed by atoms with E-state index in [0.29, 0.717) is 58.1 Å². The third-order valence-corrected chi connectivity index (χ3v) is 6.37. The molecule has 1 atom stereocenters. The average molecular weight is 479 g/mol. The Hall–Kier alpha value is -2.59. The van der Waals surface area contributed by atoms with Gasteiger partial charge in [-0.25, -0.2) is 9.37 Å². The van der Waals surface area contributed by atoms with Crippen molar-refractivity contribution >= 4 is 28.5 Å². The molecule has 2 aromatic rings. The summed E-state index contributed by atoms with van der Waals surface area (Å²) in [7, 11) is 1.63. The second-order valence-electron chi connectivity index (χ2n) is 7.96. The van der Waals surface area contributed by atoms with Gasteiger partial charge in [0, 0.05) is 57.7 Å². The van der Waals surface area contributed by atoms with Crippen molar-refractivity contribution in [2.45, 2.75) is 32.6 Å². The van der Waals surface area contributed by atoms with Gasteiger partial charge in [-0.3, -0.25) is 9.59 Å². The van der Waals surface area contributed by atoms with E-state index in [1.807, 2.05) is 4.90 Å². The predicted octanol–water partition coefficient (Wildman–Crippen LogP) is 2.91. The lowest BCUT2D eigenvalue weighted by Crippen LogP contribution is -2.44. The minimum atomic E-state index is -0.275. The Morgan fingerprint density at radius 3 is 2.79 bits per heavy atom. The highest BCUT2D eigenvalue weighted by Crippen LogP contribution is 2.21. The third-order valence-electron chi connectivity index (χ3n) is 5.56. The molecule has 1 aliphatic heterocycles. The molecular weight excluding hydrogens is 447 g/mol. The molecule has 180 valence electrons. The molecule has 33 heavy (non-hydrogen) atoms. The molecule has 0 saturated carbocycles. The van der Waals surface area contributed by atoms with Crippen LogP contribution in [0.5, 0.6) is 0 Å². The van der Waals surface area contributed by atoms with Crippen molar-refractivity contribution in [2.24, 2.45) is 5.92 Å². The zero-order valence-electron chi connectivity index (χ0n) is 19.2. The Bertz CT molecular complexity index is 908. The Kier molecular flexibility index (Phi) is 9.56. The number of anilines is 1. The summed E-state index contributed by atoms with van der Waals surface area (Å²) in [4.78, 5) is 33.3. The molecule has 0 spiro atoms. The van der Waals surface area contributed by atoms with Crippen molar-refractivity contribution in [3.63, 3.8) is 0 Å². The number of esters is 1. The first-order valence-electron chi connectivity index (χ1n) is 11.3. The van der Waals surface area contributed by atoms with E-state index in [1.54, 1.807) is 31.1 Å². The number of hydrogen-bond donors (Lipinski definition) is 0. The third kappa shape index (κ3) is 7.46. The predicted molar refractivity (Wildman–Crippen MR) is 124 cm³/mol. The van der Waals surface area contributed by atoms with E-state index in [1.165, 1.54) is 23.7 Å². The monoisotopic (exact) mass is 478 g/mol. The second-order valence-corrected chi connectivity index (χ2v) is 8.69. The summed E-state index contributed by atoms with van der Waals surface area (Å²) in [5, 5.41) is 0.722. The van der Waals surface area contributed by atoms with Crippen LogP contribution in [-0.4, -0.2) is 72.6 Å². The van der Waals surface area contributed by atoms with Gasteiger partial charge in [0.25, 0.3) is 0 Å². The van der Waals surface area contributed by atoms with Gasteiger partial charge in [0.15, 0.2) is 0 Å². The van der Waals surface area contributed by atoms with Crippen LogP contribution >= 0.6 is 11.5 Å². The summed E-state index contributed by atoms with van der Waals surface area (Å²) >= 11 is 1.28. The highest BCUT2D eigenvalue weighted by molar-refractivity contribution is 7.09. The molecule has 1 fully saturated rings. The normalized spacial score (nSPS) is 16.0. The molecule has 2 heterocycles. The fourth-order valence-electron chi connectivity index (χ4n) is 3.78. The maximum Gasteiger partial charge on any atom is 0.310 e. The van der Waals surface area contributed by atoms with Crippen LogP contribution in [0.25, 0.3) is 0 Å². The molecule has 0 aliphatic carbocycles. The lowest BCUT2D eigenvalue weighted by Gasteiger charge is -2.32. The molecule has 0 radical (unpaired) electrons. The van der Waals surface area contributed by atoms with Gasteiger partial charge >= 0.3 is 5.97 Å². The molecule has 1 unspecified atom stereocenters. The molecule has 1 saturated heterocycles. The van der Waals surface area contributed by atoms with E-state index in [-0.39, 0.29) is 23.6 Å². The van der Waals surface area contributed by atoms with Gasteiger partial charge in [0.1, 0.15) is 11.6 Å². The molecule has 3 rings (SSSR count). The zero-order valence-corrected chi connectivity index (χ0v) is 20.0. The Labute approximate surface area is 197 Å². The lowest BCUT2D eigenvalue weighted by atomic mass is 9.98. The molecule has 0 N–H and O–H groups in total. The van der Waals surface area contributed by atoms with Crippen molar-refractivity contribution in [1.82, 2.24) is 14.3 Å². The average Bonchev–Trinajstić information content (AvgIpc) is 3.29. The van der Waals surface area contributed by atoms with Gasteiger partial charge in [-0.05, 0) is 37.5 Å². The van der Waals surface area contributed by atoms with E-state index in [4.69, 9.17) is 9.47 Å².